The van der Waals surface area contributed by atoms with Gasteiger partial charge in [0.25, 0.3) is 5.91 Å². The van der Waals surface area contributed by atoms with E-state index in [1.54, 1.807) is 29.6 Å². The van der Waals surface area contributed by atoms with Crippen LogP contribution in [0.3, 0.4) is 0 Å². The van der Waals surface area contributed by atoms with Gasteiger partial charge in [-0.3, -0.25) is 14.9 Å². The number of hydrogen-bond donors (Lipinski definition) is 2. The molecular formula is C26H23N3O3S. The topological polar surface area (TPSA) is 80.3 Å². The molecule has 0 saturated heterocycles. The summed E-state index contributed by atoms with van der Waals surface area (Å²) in [6, 6.07) is 26.6. The Bertz CT molecular complexity index is 1190. The van der Waals surface area contributed by atoms with Crippen LogP contribution in [0.1, 0.15) is 27.2 Å². The lowest BCUT2D eigenvalue weighted by atomic mass is 10.2. The lowest BCUT2D eigenvalue weighted by Gasteiger charge is -2.08. The summed E-state index contributed by atoms with van der Waals surface area (Å²) in [7, 11) is 0. The third kappa shape index (κ3) is 6.75. The van der Waals surface area contributed by atoms with Crippen LogP contribution in [0, 0.1) is 0 Å². The smallest absolute Gasteiger partial charge is 0.257 e. The molecule has 6 nitrogen and oxygen atoms in total. The Hall–Kier alpha value is -3.97. The van der Waals surface area contributed by atoms with Crippen molar-refractivity contribution in [2.75, 3.05) is 5.32 Å². The molecule has 0 fully saturated rings. The van der Waals surface area contributed by atoms with Crippen LogP contribution in [0.25, 0.3) is 0 Å². The molecule has 1 heterocycles. The molecule has 4 aromatic rings. The highest BCUT2D eigenvalue weighted by molar-refractivity contribution is 7.14. The molecule has 3 aromatic carbocycles. The van der Waals surface area contributed by atoms with Gasteiger partial charge in [0.1, 0.15) is 12.4 Å². The molecule has 0 unspecified atom stereocenters. The molecule has 0 aliphatic carbocycles. The van der Waals surface area contributed by atoms with Crippen molar-refractivity contribution in [1.29, 1.82) is 0 Å². The minimum Gasteiger partial charge on any atom is -0.489 e. The number of amides is 2. The summed E-state index contributed by atoms with van der Waals surface area (Å²) >= 11 is 1.30. The van der Waals surface area contributed by atoms with Gasteiger partial charge in [-0.05, 0) is 35.4 Å². The van der Waals surface area contributed by atoms with Gasteiger partial charge in [-0.1, -0.05) is 60.7 Å². The summed E-state index contributed by atoms with van der Waals surface area (Å²) in [6.45, 7) is 0.928. The van der Waals surface area contributed by atoms with Gasteiger partial charge >= 0.3 is 0 Å². The summed E-state index contributed by atoms with van der Waals surface area (Å²) in [5.74, 6) is 0.421. The normalized spacial score (nSPS) is 10.4. The molecule has 0 aliphatic rings. The number of aromatic nitrogens is 1. The molecule has 0 spiro atoms. The van der Waals surface area contributed by atoms with Crippen LogP contribution >= 0.6 is 11.3 Å². The zero-order chi connectivity index (χ0) is 22.9. The van der Waals surface area contributed by atoms with Crippen molar-refractivity contribution >= 4 is 28.3 Å². The highest BCUT2D eigenvalue weighted by atomic mass is 32.1. The average molecular weight is 458 g/mol. The van der Waals surface area contributed by atoms with Crippen molar-refractivity contribution in [2.24, 2.45) is 0 Å². The quantitative estimate of drug-likeness (QED) is 0.377. The molecule has 0 aliphatic heterocycles. The predicted octanol–water partition coefficient (Wildman–Crippen LogP) is 4.83. The lowest BCUT2D eigenvalue weighted by molar-refractivity contribution is -0.120. The zero-order valence-corrected chi connectivity index (χ0v) is 18.7. The Kier molecular flexibility index (Phi) is 7.45. The number of nitrogens with one attached hydrogen (secondary N) is 2. The number of anilines is 1. The highest BCUT2D eigenvalue weighted by Crippen LogP contribution is 2.17. The van der Waals surface area contributed by atoms with Crippen LogP contribution in [-0.4, -0.2) is 16.8 Å². The van der Waals surface area contributed by atoms with Crippen molar-refractivity contribution in [3.63, 3.8) is 0 Å². The van der Waals surface area contributed by atoms with Gasteiger partial charge in [0, 0.05) is 17.5 Å². The second-order valence-electron chi connectivity index (χ2n) is 7.34. The van der Waals surface area contributed by atoms with Crippen LogP contribution in [0.2, 0.25) is 0 Å². The molecule has 0 radical (unpaired) electrons. The molecule has 0 saturated carbocycles. The summed E-state index contributed by atoms with van der Waals surface area (Å²) < 4.78 is 5.79. The minimum absolute atomic E-state index is 0.134. The third-order valence-electron chi connectivity index (χ3n) is 4.81. The molecule has 0 bridgehead atoms. The molecule has 4 rings (SSSR count). The summed E-state index contributed by atoms with van der Waals surface area (Å²) in [4.78, 5) is 28.9. The zero-order valence-electron chi connectivity index (χ0n) is 17.9. The summed E-state index contributed by atoms with van der Waals surface area (Å²) in [5, 5.41) is 7.91. The van der Waals surface area contributed by atoms with Gasteiger partial charge in [-0.2, -0.15) is 0 Å². The van der Waals surface area contributed by atoms with Gasteiger partial charge in [0.2, 0.25) is 5.91 Å². The first-order chi connectivity index (χ1) is 16.2. The summed E-state index contributed by atoms with van der Waals surface area (Å²) in [6.07, 6.45) is 0.149. The van der Waals surface area contributed by atoms with Crippen LogP contribution < -0.4 is 15.4 Å². The molecule has 2 amide bonds. The first-order valence-electron chi connectivity index (χ1n) is 10.5. The predicted molar refractivity (Wildman–Crippen MR) is 129 cm³/mol. The fourth-order valence-corrected chi connectivity index (χ4v) is 3.78. The standard InChI is InChI=1S/C26H23N3O3S/c30-24(15-22-18-33-26(28-22)29-25(31)21-9-5-2-6-10-21)27-16-19-11-13-23(14-12-19)32-17-20-7-3-1-4-8-20/h1-14,18H,15-17H2,(H,27,30)(H,28,29,31). The van der Waals surface area contributed by atoms with E-state index >= 15 is 0 Å². The van der Waals surface area contributed by atoms with E-state index in [-0.39, 0.29) is 18.2 Å². The number of carbonyl (C=O) groups is 2. The second-order valence-corrected chi connectivity index (χ2v) is 8.19. The Balaban J connectivity index is 1.21. The maximum absolute atomic E-state index is 12.3. The SMILES string of the molecule is O=C(Cc1csc(NC(=O)c2ccccc2)n1)NCc1ccc(OCc2ccccc2)cc1. The summed E-state index contributed by atoms with van der Waals surface area (Å²) in [5.41, 5.74) is 3.26. The Labute approximate surface area is 196 Å². The Morgan fingerprint density at radius 1 is 0.848 bits per heavy atom. The van der Waals surface area contributed by atoms with E-state index in [9.17, 15) is 9.59 Å². The third-order valence-corrected chi connectivity index (χ3v) is 5.62. The number of thiazole rings is 1. The monoisotopic (exact) mass is 457 g/mol. The van der Waals surface area contributed by atoms with E-state index in [1.165, 1.54) is 11.3 Å². The Morgan fingerprint density at radius 2 is 1.55 bits per heavy atom. The number of ether oxygens (including phenoxy) is 1. The van der Waals surface area contributed by atoms with Crippen molar-refractivity contribution in [3.05, 3.63) is 113 Å². The number of hydrogen-bond acceptors (Lipinski definition) is 5. The van der Waals surface area contributed by atoms with Crippen LogP contribution in [0.4, 0.5) is 5.13 Å². The molecule has 166 valence electrons. The van der Waals surface area contributed by atoms with Gasteiger partial charge in [-0.15, -0.1) is 11.3 Å². The number of benzene rings is 3. The van der Waals surface area contributed by atoms with E-state index in [0.29, 0.717) is 29.5 Å². The van der Waals surface area contributed by atoms with Crippen LogP contribution in [0.15, 0.2) is 90.3 Å². The number of nitrogens with zero attached hydrogens (tertiary/aromatic N) is 1. The maximum Gasteiger partial charge on any atom is 0.257 e. The molecule has 2 N–H and O–H groups in total. The Morgan fingerprint density at radius 3 is 2.27 bits per heavy atom. The van der Waals surface area contributed by atoms with Crippen LogP contribution in [0.5, 0.6) is 5.75 Å². The fourth-order valence-electron chi connectivity index (χ4n) is 3.08. The van der Waals surface area contributed by atoms with E-state index in [4.69, 9.17) is 4.74 Å². The first-order valence-corrected chi connectivity index (χ1v) is 11.4. The highest BCUT2D eigenvalue weighted by Gasteiger charge is 2.11. The molecule has 0 atom stereocenters. The van der Waals surface area contributed by atoms with Crippen molar-refractivity contribution in [1.82, 2.24) is 10.3 Å². The van der Waals surface area contributed by atoms with Gasteiger partial charge in [-0.25, -0.2) is 4.98 Å². The van der Waals surface area contributed by atoms with Gasteiger partial charge in [0.15, 0.2) is 5.13 Å². The van der Waals surface area contributed by atoms with E-state index in [0.717, 1.165) is 16.9 Å². The van der Waals surface area contributed by atoms with E-state index < -0.39 is 0 Å². The van der Waals surface area contributed by atoms with Gasteiger partial charge < -0.3 is 10.1 Å². The largest absolute Gasteiger partial charge is 0.489 e. The lowest BCUT2D eigenvalue weighted by Crippen LogP contribution is -2.24. The minimum atomic E-state index is -0.225. The molecule has 33 heavy (non-hydrogen) atoms. The number of carbonyl (C=O) groups excluding carboxylic acids is 2. The van der Waals surface area contributed by atoms with Gasteiger partial charge in [0.05, 0.1) is 12.1 Å². The first kappa shape index (κ1) is 22.2. The number of rotatable bonds is 9. The average Bonchev–Trinajstić information content (AvgIpc) is 3.29. The van der Waals surface area contributed by atoms with Crippen molar-refractivity contribution in [2.45, 2.75) is 19.6 Å². The second kappa shape index (κ2) is 11.1. The van der Waals surface area contributed by atoms with E-state index in [1.807, 2.05) is 60.7 Å². The van der Waals surface area contributed by atoms with Crippen molar-refractivity contribution in [3.8, 4) is 5.75 Å². The maximum atomic E-state index is 12.3. The van der Waals surface area contributed by atoms with Crippen LogP contribution in [-0.2, 0) is 24.4 Å². The fraction of sp³-hybridized carbons (Fsp3) is 0.115. The van der Waals surface area contributed by atoms with Crippen molar-refractivity contribution < 1.29 is 14.3 Å². The molecule has 1 aromatic heterocycles. The van der Waals surface area contributed by atoms with E-state index in [2.05, 4.69) is 15.6 Å². The molecule has 7 heteroatoms. The molecular weight excluding hydrogens is 434 g/mol.